The van der Waals surface area contributed by atoms with Gasteiger partial charge in [0.05, 0.1) is 11.6 Å². The summed E-state index contributed by atoms with van der Waals surface area (Å²) in [7, 11) is 0. The van der Waals surface area contributed by atoms with E-state index < -0.39 is 12.0 Å². The summed E-state index contributed by atoms with van der Waals surface area (Å²) in [6.45, 7) is 1.84. The average Bonchev–Trinajstić information content (AvgIpc) is 3.09. The molecule has 2 N–H and O–H groups in total. The summed E-state index contributed by atoms with van der Waals surface area (Å²) in [6.07, 6.45) is 1.94. The highest BCUT2D eigenvalue weighted by Crippen LogP contribution is 2.34. The van der Waals surface area contributed by atoms with Crippen LogP contribution in [0.1, 0.15) is 24.0 Å². The maximum atomic E-state index is 11.1. The van der Waals surface area contributed by atoms with Crippen molar-refractivity contribution in [2.45, 2.75) is 25.8 Å². The van der Waals surface area contributed by atoms with Crippen molar-refractivity contribution in [3.05, 3.63) is 29.3 Å². The Morgan fingerprint density at radius 3 is 2.76 bits per heavy atom. The van der Waals surface area contributed by atoms with Crippen LogP contribution in [0, 0.1) is 24.2 Å². The van der Waals surface area contributed by atoms with Crippen molar-refractivity contribution < 1.29 is 9.90 Å². The lowest BCUT2D eigenvalue weighted by molar-refractivity contribution is -0.138. The number of nitrogens with zero attached hydrogens (tertiary/aromatic N) is 1. The lowest BCUT2D eigenvalue weighted by Crippen LogP contribution is -2.31. The molecule has 1 aliphatic carbocycles. The second kappa shape index (κ2) is 4.46. The molecule has 0 bridgehead atoms. The van der Waals surface area contributed by atoms with Gasteiger partial charge in [-0.25, -0.2) is 4.79 Å². The minimum Gasteiger partial charge on any atom is -0.480 e. The molecule has 1 unspecified atom stereocenters. The Labute approximate surface area is 99.9 Å². The predicted octanol–water partition coefficient (Wildman–Crippen LogP) is 2.14. The van der Waals surface area contributed by atoms with E-state index in [0.29, 0.717) is 5.56 Å². The minimum atomic E-state index is -0.811. The minimum absolute atomic E-state index is 0.239. The number of hydrogen-bond donors (Lipinski definition) is 2. The molecule has 4 nitrogen and oxygen atoms in total. The Kier molecular flexibility index (Phi) is 3.01. The van der Waals surface area contributed by atoms with Crippen LogP contribution in [0.4, 0.5) is 5.69 Å². The van der Waals surface area contributed by atoms with Gasteiger partial charge in [0.15, 0.2) is 0 Å². The fraction of sp³-hybridized carbons (Fsp3) is 0.385. The molecule has 1 aliphatic rings. The van der Waals surface area contributed by atoms with Crippen molar-refractivity contribution in [2.24, 2.45) is 5.92 Å². The maximum Gasteiger partial charge on any atom is 0.326 e. The highest BCUT2D eigenvalue weighted by atomic mass is 16.4. The van der Waals surface area contributed by atoms with E-state index in [-0.39, 0.29) is 5.92 Å². The monoisotopic (exact) mass is 230 g/mol. The number of hydrogen-bond acceptors (Lipinski definition) is 3. The van der Waals surface area contributed by atoms with Crippen LogP contribution in [0.25, 0.3) is 0 Å². The molecular formula is C13H14N2O2. The Balaban J connectivity index is 2.15. The second-order valence-electron chi connectivity index (χ2n) is 4.44. The maximum absolute atomic E-state index is 11.1. The van der Waals surface area contributed by atoms with Crippen molar-refractivity contribution in [1.29, 1.82) is 5.26 Å². The van der Waals surface area contributed by atoms with Gasteiger partial charge in [-0.05, 0) is 49.4 Å². The van der Waals surface area contributed by atoms with E-state index >= 15 is 0 Å². The number of rotatable bonds is 4. The highest BCUT2D eigenvalue weighted by Gasteiger charge is 2.36. The third-order valence-corrected chi connectivity index (χ3v) is 3.03. The number of carboxylic acid groups (broad SMARTS) is 1. The van der Waals surface area contributed by atoms with Gasteiger partial charge in [-0.15, -0.1) is 0 Å². The van der Waals surface area contributed by atoms with Gasteiger partial charge in [0, 0.05) is 5.69 Å². The molecule has 0 aliphatic heterocycles. The van der Waals surface area contributed by atoms with E-state index in [9.17, 15) is 4.79 Å². The molecular weight excluding hydrogens is 216 g/mol. The molecule has 88 valence electrons. The van der Waals surface area contributed by atoms with Crippen LogP contribution < -0.4 is 5.32 Å². The molecule has 1 atom stereocenters. The smallest absolute Gasteiger partial charge is 0.326 e. The van der Waals surface area contributed by atoms with Gasteiger partial charge in [-0.2, -0.15) is 5.26 Å². The number of anilines is 1. The first-order valence-corrected chi connectivity index (χ1v) is 5.62. The van der Waals surface area contributed by atoms with E-state index in [2.05, 4.69) is 11.4 Å². The number of aryl methyl sites for hydroxylation is 1. The van der Waals surface area contributed by atoms with Crippen LogP contribution in [0.15, 0.2) is 18.2 Å². The van der Waals surface area contributed by atoms with E-state index in [0.717, 1.165) is 24.1 Å². The third kappa shape index (κ3) is 2.56. The number of benzene rings is 1. The van der Waals surface area contributed by atoms with E-state index in [1.165, 1.54) is 0 Å². The van der Waals surface area contributed by atoms with Crippen molar-refractivity contribution in [2.75, 3.05) is 5.32 Å². The molecule has 1 saturated carbocycles. The highest BCUT2D eigenvalue weighted by molar-refractivity contribution is 5.78. The number of aliphatic carboxylic acids is 1. The Bertz CT molecular complexity index is 487. The molecule has 0 spiro atoms. The fourth-order valence-corrected chi connectivity index (χ4v) is 1.87. The topological polar surface area (TPSA) is 73.1 Å². The van der Waals surface area contributed by atoms with Gasteiger partial charge in [0.25, 0.3) is 0 Å². The summed E-state index contributed by atoms with van der Waals surface area (Å²) in [5.41, 5.74) is 2.24. The predicted molar refractivity (Wildman–Crippen MR) is 63.7 cm³/mol. The van der Waals surface area contributed by atoms with E-state index in [1.807, 2.05) is 13.0 Å². The van der Waals surface area contributed by atoms with E-state index in [4.69, 9.17) is 10.4 Å². The summed E-state index contributed by atoms with van der Waals surface area (Å²) < 4.78 is 0. The van der Waals surface area contributed by atoms with Gasteiger partial charge >= 0.3 is 5.97 Å². The molecule has 0 saturated heterocycles. The van der Waals surface area contributed by atoms with Crippen LogP contribution >= 0.6 is 0 Å². The largest absolute Gasteiger partial charge is 0.480 e. The average molecular weight is 230 g/mol. The lowest BCUT2D eigenvalue weighted by Gasteiger charge is -2.15. The van der Waals surface area contributed by atoms with Gasteiger partial charge < -0.3 is 10.4 Å². The van der Waals surface area contributed by atoms with Gasteiger partial charge in [-0.1, -0.05) is 0 Å². The van der Waals surface area contributed by atoms with Crippen LogP contribution in [-0.2, 0) is 4.79 Å². The first-order valence-electron chi connectivity index (χ1n) is 5.62. The molecule has 0 amide bonds. The summed E-state index contributed by atoms with van der Waals surface area (Å²) in [5.74, 6) is -0.571. The van der Waals surface area contributed by atoms with Crippen molar-refractivity contribution >= 4 is 11.7 Å². The van der Waals surface area contributed by atoms with Crippen molar-refractivity contribution in [1.82, 2.24) is 0 Å². The quantitative estimate of drug-likeness (QED) is 0.831. The van der Waals surface area contributed by atoms with Crippen molar-refractivity contribution in [3.63, 3.8) is 0 Å². The standard InChI is InChI=1S/C13H14N2O2/c1-8-6-11(5-4-10(8)7-14)15-12(13(16)17)9-2-3-9/h4-6,9,12,15H,2-3H2,1H3,(H,16,17). The lowest BCUT2D eigenvalue weighted by atomic mass is 10.1. The van der Waals surface area contributed by atoms with Crippen LogP contribution in [0.5, 0.6) is 0 Å². The van der Waals surface area contributed by atoms with Crippen LogP contribution in [0.2, 0.25) is 0 Å². The molecule has 1 aromatic carbocycles. The zero-order valence-electron chi connectivity index (χ0n) is 9.60. The molecule has 0 aromatic heterocycles. The zero-order valence-corrected chi connectivity index (χ0v) is 9.60. The van der Waals surface area contributed by atoms with Crippen molar-refractivity contribution in [3.8, 4) is 6.07 Å². The summed E-state index contributed by atoms with van der Waals surface area (Å²) >= 11 is 0. The Morgan fingerprint density at radius 2 is 2.29 bits per heavy atom. The first-order chi connectivity index (χ1) is 8.11. The molecule has 4 heteroatoms. The molecule has 1 aromatic rings. The summed E-state index contributed by atoms with van der Waals surface area (Å²) in [5, 5.41) is 20.9. The number of carbonyl (C=O) groups is 1. The molecule has 0 heterocycles. The molecule has 2 rings (SSSR count). The van der Waals surface area contributed by atoms with Crippen LogP contribution in [-0.4, -0.2) is 17.1 Å². The zero-order chi connectivity index (χ0) is 12.4. The van der Waals surface area contributed by atoms with Gasteiger partial charge in [0.2, 0.25) is 0 Å². The Morgan fingerprint density at radius 1 is 1.59 bits per heavy atom. The van der Waals surface area contributed by atoms with E-state index in [1.54, 1.807) is 12.1 Å². The summed E-state index contributed by atoms with van der Waals surface area (Å²) in [6, 6.07) is 6.86. The number of carboxylic acids is 1. The first kappa shape index (κ1) is 11.5. The van der Waals surface area contributed by atoms with Crippen LogP contribution in [0.3, 0.4) is 0 Å². The fourth-order valence-electron chi connectivity index (χ4n) is 1.87. The van der Waals surface area contributed by atoms with Gasteiger partial charge in [-0.3, -0.25) is 0 Å². The molecule has 17 heavy (non-hydrogen) atoms. The summed E-state index contributed by atoms with van der Waals surface area (Å²) in [4.78, 5) is 11.1. The number of nitriles is 1. The SMILES string of the molecule is Cc1cc(NC(C(=O)O)C2CC2)ccc1C#N. The second-order valence-corrected chi connectivity index (χ2v) is 4.44. The molecule has 1 fully saturated rings. The third-order valence-electron chi connectivity index (χ3n) is 3.03. The number of nitrogens with one attached hydrogen (secondary N) is 1. The van der Waals surface area contributed by atoms with Gasteiger partial charge in [0.1, 0.15) is 6.04 Å². The normalized spacial score (nSPS) is 16.0. The molecule has 0 radical (unpaired) electrons. The Hall–Kier alpha value is -2.02.